The molecular weight excluding hydrogens is 144 g/mol. The average Bonchev–Trinajstić information content (AvgIpc) is 2.18. The van der Waals surface area contributed by atoms with Gasteiger partial charge in [0.1, 0.15) is 1.37 Å². The summed E-state index contributed by atoms with van der Waals surface area (Å²) in [6.45, 7) is 0. The Hall–Kier alpha value is -1.74. The quantitative estimate of drug-likeness (QED) is 0.510. The van der Waals surface area contributed by atoms with Crippen LogP contribution >= 0.6 is 0 Å². The standard InChI is InChI=1S/C12H8/c1-2-10-7-8-11-5-3-4-6-12(11)9-10/h1,3-9H/i1D. The lowest BCUT2D eigenvalue weighted by atomic mass is 10.1. The van der Waals surface area contributed by atoms with Gasteiger partial charge in [-0.2, -0.15) is 0 Å². The Labute approximate surface area is 73.2 Å². The highest BCUT2D eigenvalue weighted by Gasteiger charge is 1.91. The average molecular weight is 153 g/mol. The van der Waals surface area contributed by atoms with Crippen molar-refractivity contribution >= 4 is 10.8 Å². The van der Waals surface area contributed by atoms with E-state index >= 15 is 0 Å². The lowest BCUT2D eigenvalue weighted by Gasteiger charge is -1.96. The van der Waals surface area contributed by atoms with Crippen LogP contribution in [-0.2, 0) is 0 Å². The Balaban J connectivity index is 2.66. The van der Waals surface area contributed by atoms with Gasteiger partial charge in [0.2, 0.25) is 0 Å². The van der Waals surface area contributed by atoms with E-state index in [2.05, 4.69) is 18.4 Å². The molecule has 2 rings (SSSR count). The fourth-order valence-electron chi connectivity index (χ4n) is 1.27. The van der Waals surface area contributed by atoms with Gasteiger partial charge in [-0.3, -0.25) is 0 Å². The normalized spacial score (nSPS) is 10.2. The summed E-state index contributed by atoms with van der Waals surface area (Å²) in [6, 6.07) is 14.1. The highest BCUT2D eigenvalue weighted by atomic mass is 13.9. The van der Waals surface area contributed by atoms with Crippen molar-refractivity contribution < 1.29 is 1.37 Å². The van der Waals surface area contributed by atoms with E-state index in [4.69, 9.17) is 1.37 Å². The van der Waals surface area contributed by atoms with Crippen molar-refractivity contribution in [3.63, 3.8) is 0 Å². The van der Waals surface area contributed by atoms with Crippen LogP contribution in [0.25, 0.3) is 10.8 Å². The predicted molar refractivity (Wildman–Crippen MR) is 51.9 cm³/mol. The van der Waals surface area contributed by atoms with Gasteiger partial charge in [-0.25, -0.2) is 0 Å². The molecule has 0 aliphatic carbocycles. The lowest BCUT2D eigenvalue weighted by molar-refractivity contribution is 1.70. The third kappa shape index (κ3) is 1.06. The second kappa shape index (κ2) is 2.71. The first-order valence-electron chi connectivity index (χ1n) is 4.32. The molecule has 0 nitrogen and oxygen atoms in total. The molecule has 0 aliphatic heterocycles. The second-order valence-corrected chi connectivity index (χ2v) is 2.69. The Kier molecular flexibility index (Phi) is 1.32. The summed E-state index contributed by atoms with van der Waals surface area (Å²) in [5, 5.41) is 2.38. The summed E-state index contributed by atoms with van der Waals surface area (Å²) in [5.41, 5.74) is 0.897. The van der Waals surface area contributed by atoms with Gasteiger partial charge in [-0.15, -0.1) is 6.40 Å². The minimum absolute atomic E-state index is 0.897. The summed E-state index contributed by atoms with van der Waals surface area (Å²) >= 11 is 0. The highest BCUT2D eigenvalue weighted by Crippen LogP contribution is 2.14. The summed E-state index contributed by atoms with van der Waals surface area (Å²) in [4.78, 5) is 0. The molecule has 0 aromatic heterocycles. The number of rotatable bonds is 0. The van der Waals surface area contributed by atoms with Crippen molar-refractivity contribution in [2.24, 2.45) is 0 Å². The number of terminal acetylenes is 1. The number of benzene rings is 2. The summed E-state index contributed by atoms with van der Waals surface area (Å²) in [7, 11) is 0. The SMILES string of the molecule is [2H]C#Cc1ccc2ccccc2c1. The maximum atomic E-state index is 6.79. The van der Waals surface area contributed by atoms with Crippen LogP contribution in [0.5, 0.6) is 0 Å². The molecule has 0 atom stereocenters. The van der Waals surface area contributed by atoms with Crippen LogP contribution in [0.1, 0.15) is 6.93 Å². The molecule has 0 radical (unpaired) electrons. The fraction of sp³-hybridized carbons (Fsp3) is 0. The largest absolute Gasteiger partial charge is 0.124 e. The molecule has 2 aromatic carbocycles. The van der Waals surface area contributed by atoms with E-state index in [0.29, 0.717) is 0 Å². The van der Waals surface area contributed by atoms with E-state index in [1.807, 2.05) is 36.4 Å². The monoisotopic (exact) mass is 153 g/mol. The Morgan fingerprint density at radius 1 is 1.08 bits per heavy atom. The molecule has 0 fully saturated rings. The molecule has 0 bridgehead atoms. The van der Waals surface area contributed by atoms with Gasteiger partial charge in [-0.1, -0.05) is 36.3 Å². The number of fused-ring (bicyclic) bond motifs is 1. The van der Waals surface area contributed by atoms with Crippen molar-refractivity contribution in [3.8, 4) is 12.3 Å². The molecule has 0 heterocycles. The molecule has 2 aromatic rings. The molecular formula is C12H8. The van der Waals surface area contributed by atoms with Gasteiger partial charge in [-0.05, 0) is 22.9 Å². The predicted octanol–water partition coefficient (Wildman–Crippen LogP) is 2.82. The maximum Gasteiger partial charge on any atom is 0.124 e. The van der Waals surface area contributed by atoms with Crippen LogP contribution in [-0.4, -0.2) is 0 Å². The van der Waals surface area contributed by atoms with Crippen LogP contribution in [0.4, 0.5) is 0 Å². The molecule has 0 N–H and O–H groups in total. The zero-order valence-corrected chi connectivity index (χ0v) is 6.54. The summed E-state index contributed by atoms with van der Waals surface area (Å²) in [6.07, 6.45) is 2.15. The number of hydrogen-bond acceptors (Lipinski definition) is 0. The Bertz CT molecular complexity index is 489. The van der Waals surface area contributed by atoms with Gasteiger partial charge >= 0.3 is 0 Å². The van der Waals surface area contributed by atoms with Gasteiger partial charge < -0.3 is 0 Å². The fourth-order valence-corrected chi connectivity index (χ4v) is 1.27. The van der Waals surface area contributed by atoms with Crippen LogP contribution in [0.2, 0.25) is 0 Å². The van der Waals surface area contributed by atoms with Gasteiger partial charge in [0.05, 0.1) is 0 Å². The highest BCUT2D eigenvalue weighted by molar-refractivity contribution is 5.83. The molecule has 0 heteroatoms. The minimum Gasteiger partial charge on any atom is -0.115 e. The zero-order chi connectivity index (χ0) is 9.10. The van der Waals surface area contributed by atoms with Gasteiger partial charge in [0, 0.05) is 5.56 Å². The van der Waals surface area contributed by atoms with Crippen LogP contribution in [0.15, 0.2) is 42.5 Å². The van der Waals surface area contributed by atoms with Crippen molar-refractivity contribution in [3.05, 3.63) is 48.0 Å². The second-order valence-electron chi connectivity index (χ2n) is 2.69. The molecule has 0 unspecified atom stereocenters. The van der Waals surface area contributed by atoms with E-state index in [1.165, 1.54) is 10.8 Å². The van der Waals surface area contributed by atoms with Crippen molar-refractivity contribution in [1.29, 1.82) is 0 Å². The maximum absolute atomic E-state index is 6.79. The van der Waals surface area contributed by atoms with Gasteiger partial charge in [0.15, 0.2) is 0 Å². The molecule has 0 amide bonds. The summed E-state index contributed by atoms with van der Waals surface area (Å²) < 4.78 is 6.79. The van der Waals surface area contributed by atoms with Crippen LogP contribution in [0.3, 0.4) is 0 Å². The third-order valence-electron chi connectivity index (χ3n) is 1.89. The molecule has 0 saturated carbocycles. The van der Waals surface area contributed by atoms with E-state index in [-0.39, 0.29) is 0 Å². The molecule has 12 heavy (non-hydrogen) atoms. The first-order chi connectivity index (χ1) is 6.40. The van der Waals surface area contributed by atoms with Gasteiger partial charge in [0.25, 0.3) is 0 Å². The van der Waals surface area contributed by atoms with E-state index in [1.54, 1.807) is 0 Å². The Morgan fingerprint density at radius 3 is 2.75 bits per heavy atom. The van der Waals surface area contributed by atoms with Crippen molar-refractivity contribution in [2.45, 2.75) is 0 Å². The molecule has 0 saturated heterocycles. The van der Waals surface area contributed by atoms with Crippen molar-refractivity contribution in [2.75, 3.05) is 0 Å². The first-order valence-corrected chi connectivity index (χ1v) is 3.82. The van der Waals surface area contributed by atoms with Crippen molar-refractivity contribution in [1.82, 2.24) is 0 Å². The molecule has 0 spiro atoms. The van der Waals surface area contributed by atoms with Crippen LogP contribution < -0.4 is 0 Å². The summed E-state index contributed by atoms with van der Waals surface area (Å²) in [5.74, 6) is 2.72. The topological polar surface area (TPSA) is 0 Å². The van der Waals surface area contributed by atoms with Crippen LogP contribution in [0, 0.1) is 12.3 Å². The first kappa shape index (κ1) is 5.85. The minimum atomic E-state index is 0.897. The van der Waals surface area contributed by atoms with E-state index < -0.39 is 0 Å². The third-order valence-corrected chi connectivity index (χ3v) is 1.89. The molecule has 56 valence electrons. The number of hydrogen-bond donors (Lipinski definition) is 0. The van der Waals surface area contributed by atoms with E-state index in [0.717, 1.165) is 5.56 Å². The lowest BCUT2D eigenvalue weighted by Crippen LogP contribution is -1.74. The zero-order valence-electron chi connectivity index (χ0n) is 7.54. The molecule has 0 aliphatic rings. The smallest absolute Gasteiger partial charge is 0.115 e. The van der Waals surface area contributed by atoms with E-state index in [9.17, 15) is 0 Å². The Morgan fingerprint density at radius 2 is 1.92 bits per heavy atom.